The largest absolute Gasteiger partial charge is 0.354 e. The molecule has 0 aromatic rings. The molecule has 0 spiro atoms. The van der Waals surface area contributed by atoms with Crippen LogP contribution in [0.2, 0.25) is 0 Å². The second-order valence-corrected chi connectivity index (χ2v) is 6.00. The highest BCUT2D eigenvalue weighted by molar-refractivity contribution is 5.76. The van der Waals surface area contributed by atoms with Crippen molar-refractivity contribution < 1.29 is 4.79 Å². The van der Waals surface area contributed by atoms with Crippen LogP contribution in [0.1, 0.15) is 40.0 Å². The molecule has 0 aliphatic carbocycles. The third-order valence-electron chi connectivity index (χ3n) is 3.03. The maximum absolute atomic E-state index is 11.9. The van der Waals surface area contributed by atoms with Gasteiger partial charge in [-0.25, -0.2) is 0 Å². The number of rotatable bonds is 9. The Morgan fingerprint density at radius 3 is 2.33 bits per heavy atom. The van der Waals surface area contributed by atoms with Gasteiger partial charge in [-0.15, -0.1) is 0 Å². The predicted octanol–water partition coefficient (Wildman–Crippen LogP) is 1.45. The maximum atomic E-state index is 11.9. The fourth-order valence-electron chi connectivity index (χ4n) is 2.05. The summed E-state index contributed by atoms with van der Waals surface area (Å²) in [5, 5.41) is 3.05. The van der Waals surface area contributed by atoms with Crippen LogP contribution in [0, 0.1) is 11.8 Å². The zero-order chi connectivity index (χ0) is 14.1. The Labute approximate surface area is 112 Å². The van der Waals surface area contributed by atoms with Gasteiger partial charge in [-0.3, -0.25) is 4.79 Å². The lowest BCUT2D eigenvalue weighted by molar-refractivity contribution is -0.122. The molecule has 108 valence electrons. The number of carbonyl (C=O) groups is 1. The van der Waals surface area contributed by atoms with Crippen molar-refractivity contribution in [2.75, 3.05) is 27.2 Å². The van der Waals surface area contributed by atoms with Crippen LogP contribution < -0.4 is 11.1 Å². The SMILES string of the molecule is CC(C)C[C@H](CN)CC(=O)NC(C)CCN(C)C. The van der Waals surface area contributed by atoms with Crippen molar-refractivity contribution in [2.24, 2.45) is 17.6 Å². The van der Waals surface area contributed by atoms with Gasteiger partial charge in [-0.05, 0) is 58.8 Å². The van der Waals surface area contributed by atoms with Crippen molar-refractivity contribution in [3.05, 3.63) is 0 Å². The highest BCUT2D eigenvalue weighted by atomic mass is 16.1. The molecule has 0 aromatic heterocycles. The van der Waals surface area contributed by atoms with Gasteiger partial charge in [-0.2, -0.15) is 0 Å². The van der Waals surface area contributed by atoms with Crippen LogP contribution in [0.15, 0.2) is 0 Å². The van der Waals surface area contributed by atoms with Gasteiger partial charge >= 0.3 is 0 Å². The molecule has 3 N–H and O–H groups in total. The smallest absolute Gasteiger partial charge is 0.220 e. The van der Waals surface area contributed by atoms with Crippen LogP contribution in [0.25, 0.3) is 0 Å². The highest BCUT2D eigenvalue weighted by Gasteiger charge is 2.15. The Hall–Kier alpha value is -0.610. The minimum atomic E-state index is 0.136. The number of nitrogens with two attached hydrogens (primary N) is 1. The molecule has 0 heterocycles. The molecule has 0 radical (unpaired) electrons. The summed E-state index contributed by atoms with van der Waals surface area (Å²) in [6, 6.07) is 0.234. The number of nitrogens with zero attached hydrogens (tertiary/aromatic N) is 1. The van der Waals surface area contributed by atoms with Crippen molar-refractivity contribution in [3.8, 4) is 0 Å². The van der Waals surface area contributed by atoms with Gasteiger partial charge in [0.2, 0.25) is 5.91 Å². The average Bonchev–Trinajstić information content (AvgIpc) is 2.24. The molecule has 0 aliphatic heterocycles. The second kappa shape index (κ2) is 9.34. The minimum absolute atomic E-state index is 0.136. The van der Waals surface area contributed by atoms with E-state index < -0.39 is 0 Å². The van der Waals surface area contributed by atoms with E-state index in [9.17, 15) is 4.79 Å². The summed E-state index contributed by atoms with van der Waals surface area (Å²) in [5.74, 6) is 1.04. The normalized spacial score (nSPS) is 14.9. The first-order valence-corrected chi connectivity index (χ1v) is 6.99. The van der Waals surface area contributed by atoms with Gasteiger partial charge in [0.1, 0.15) is 0 Å². The molecular weight excluding hydrogens is 226 g/mol. The van der Waals surface area contributed by atoms with Crippen molar-refractivity contribution in [3.63, 3.8) is 0 Å². The zero-order valence-electron chi connectivity index (χ0n) is 12.7. The van der Waals surface area contributed by atoms with E-state index in [0.717, 1.165) is 19.4 Å². The molecule has 4 heteroatoms. The topological polar surface area (TPSA) is 58.4 Å². The summed E-state index contributed by atoms with van der Waals surface area (Å²) in [6.07, 6.45) is 2.56. The van der Waals surface area contributed by atoms with E-state index in [1.165, 1.54) is 0 Å². The molecule has 0 aliphatic rings. The summed E-state index contributed by atoms with van der Waals surface area (Å²) in [4.78, 5) is 14.0. The lowest BCUT2D eigenvalue weighted by Gasteiger charge is -2.20. The van der Waals surface area contributed by atoms with E-state index in [1.807, 2.05) is 14.1 Å². The van der Waals surface area contributed by atoms with Gasteiger partial charge in [0.15, 0.2) is 0 Å². The van der Waals surface area contributed by atoms with Crippen molar-refractivity contribution >= 4 is 5.91 Å². The van der Waals surface area contributed by atoms with Crippen LogP contribution in [0.5, 0.6) is 0 Å². The summed E-state index contributed by atoms with van der Waals surface area (Å²) < 4.78 is 0. The van der Waals surface area contributed by atoms with E-state index in [-0.39, 0.29) is 11.9 Å². The second-order valence-electron chi connectivity index (χ2n) is 6.00. The Balaban J connectivity index is 3.93. The van der Waals surface area contributed by atoms with Gasteiger partial charge in [0.25, 0.3) is 0 Å². The number of nitrogens with one attached hydrogen (secondary N) is 1. The van der Waals surface area contributed by atoms with E-state index in [2.05, 4.69) is 31.0 Å². The highest BCUT2D eigenvalue weighted by Crippen LogP contribution is 2.14. The van der Waals surface area contributed by atoms with Crippen LogP contribution in [0.3, 0.4) is 0 Å². The Kier molecular flexibility index (Phi) is 9.02. The van der Waals surface area contributed by atoms with E-state index in [1.54, 1.807) is 0 Å². The number of hydrogen-bond donors (Lipinski definition) is 2. The average molecular weight is 257 g/mol. The molecule has 0 saturated heterocycles. The molecular formula is C14H31N3O. The van der Waals surface area contributed by atoms with Crippen LogP contribution in [-0.4, -0.2) is 44.0 Å². The van der Waals surface area contributed by atoms with Gasteiger partial charge < -0.3 is 16.0 Å². The number of hydrogen-bond acceptors (Lipinski definition) is 3. The number of amides is 1. The fraction of sp³-hybridized carbons (Fsp3) is 0.929. The summed E-state index contributed by atoms with van der Waals surface area (Å²) >= 11 is 0. The molecule has 18 heavy (non-hydrogen) atoms. The van der Waals surface area contributed by atoms with Crippen molar-refractivity contribution in [2.45, 2.75) is 46.1 Å². The van der Waals surface area contributed by atoms with E-state index in [4.69, 9.17) is 5.73 Å². The monoisotopic (exact) mass is 257 g/mol. The lowest BCUT2D eigenvalue weighted by Crippen LogP contribution is -2.36. The Morgan fingerprint density at radius 2 is 1.89 bits per heavy atom. The molecule has 1 amide bonds. The van der Waals surface area contributed by atoms with E-state index in [0.29, 0.717) is 24.8 Å². The van der Waals surface area contributed by atoms with Crippen molar-refractivity contribution in [1.29, 1.82) is 0 Å². The van der Waals surface area contributed by atoms with E-state index >= 15 is 0 Å². The molecule has 4 nitrogen and oxygen atoms in total. The predicted molar refractivity (Wildman–Crippen MR) is 77.4 cm³/mol. The third-order valence-corrected chi connectivity index (χ3v) is 3.03. The van der Waals surface area contributed by atoms with Crippen molar-refractivity contribution in [1.82, 2.24) is 10.2 Å². The van der Waals surface area contributed by atoms with Gasteiger partial charge in [0.05, 0.1) is 0 Å². The van der Waals surface area contributed by atoms with Gasteiger partial charge in [-0.1, -0.05) is 13.8 Å². The Bertz CT molecular complexity index is 229. The third kappa shape index (κ3) is 9.42. The fourth-order valence-corrected chi connectivity index (χ4v) is 2.05. The first-order chi connectivity index (χ1) is 8.35. The summed E-state index contributed by atoms with van der Waals surface area (Å²) in [6.45, 7) is 7.98. The quantitative estimate of drug-likeness (QED) is 0.657. The Morgan fingerprint density at radius 1 is 1.28 bits per heavy atom. The molecule has 1 unspecified atom stereocenters. The molecule has 0 rings (SSSR count). The first-order valence-electron chi connectivity index (χ1n) is 6.99. The maximum Gasteiger partial charge on any atom is 0.220 e. The zero-order valence-corrected chi connectivity index (χ0v) is 12.7. The summed E-state index contributed by atoms with van der Waals surface area (Å²) in [5.41, 5.74) is 5.71. The standard InChI is InChI=1S/C14H31N3O/c1-11(2)8-13(10-15)9-14(18)16-12(3)6-7-17(4)5/h11-13H,6-10,15H2,1-5H3,(H,16,18)/t12?,13-/m0/s1. The van der Waals surface area contributed by atoms with Crippen LogP contribution in [0.4, 0.5) is 0 Å². The molecule has 0 bridgehead atoms. The lowest BCUT2D eigenvalue weighted by atomic mass is 9.94. The van der Waals surface area contributed by atoms with Gasteiger partial charge in [0, 0.05) is 12.5 Å². The molecule has 2 atom stereocenters. The van der Waals surface area contributed by atoms with Crippen LogP contribution >= 0.6 is 0 Å². The summed E-state index contributed by atoms with van der Waals surface area (Å²) in [7, 11) is 4.09. The molecule has 0 saturated carbocycles. The molecule has 0 aromatic carbocycles. The number of carbonyl (C=O) groups excluding carboxylic acids is 1. The minimum Gasteiger partial charge on any atom is -0.354 e. The first kappa shape index (κ1) is 17.4. The van der Waals surface area contributed by atoms with Crippen LogP contribution in [-0.2, 0) is 4.79 Å². The molecule has 0 fully saturated rings.